The Morgan fingerprint density at radius 1 is 0.704 bits per heavy atom. The first-order chi connectivity index (χ1) is 13.0. The molecule has 0 spiro atoms. The number of aliphatic hydroxyl groups is 1. The zero-order valence-electron chi connectivity index (χ0n) is 17.0. The molecule has 2 atom stereocenters. The molecule has 0 aliphatic carbocycles. The molecule has 0 heterocycles. The maximum absolute atomic E-state index is 9.72. The SMILES string of the molecule is COc1ccc(C(c2ccc(OC)c(OC)c2)[C@@H](C)[C@@H](C)CO)cc1OC. The largest absolute Gasteiger partial charge is 0.493 e. The van der Waals surface area contributed by atoms with Crippen LogP contribution < -0.4 is 18.9 Å². The average Bonchev–Trinajstić information content (AvgIpc) is 2.72. The van der Waals surface area contributed by atoms with Crippen molar-refractivity contribution in [2.45, 2.75) is 19.8 Å². The van der Waals surface area contributed by atoms with Gasteiger partial charge in [0, 0.05) is 12.5 Å². The molecule has 0 radical (unpaired) electrons. The quantitative estimate of drug-likeness (QED) is 0.716. The van der Waals surface area contributed by atoms with E-state index in [1.165, 1.54) is 0 Å². The van der Waals surface area contributed by atoms with Crippen molar-refractivity contribution >= 4 is 0 Å². The molecule has 2 rings (SSSR count). The molecule has 148 valence electrons. The molecule has 0 unspecified atom stereocenters. The lowest BCUT2D eigenvalue weighted by atomic mass is 9.76. The molecular formula is C22H30O5. The molecule has 27 heavy (non-hydrogen) atoms. The van der Waals surface area contributed by atoms with Gasteiger partial charge in [-0.25, -0.2) is 0 Å². The highest BCUT2D eigenvalue weighted by molar-refractivity contribution is 5.49. The number of rotatable bonds is 9. The maximum atomic E-state index is 9.72. The topological polar surface area (TPSA) is 57.2 Å². The maximum Gasteiger partial charge on any atom is 0.161 e. The van der Waals surface area contributed by atoms with Crippen molar-refractivity contribution in [2.75, 3.05) is 35.0 Å². The van der Waals surface area contributed by atoms with Crippen molar-refractivity contribution in [3.05, 3.63) is 47.5 Å². The fraction of sp³-hybridized carbons (Fsp3) is 0.455. The van der Waals surface area contributed by atoms with Gasteiger partial charge in [0.25, 0.3) is 0 Å². The van der Waals surface area contributed by atoms with Crippen molar-refractivity contribution in [1.29, 1.82) is 0 Å². The second kappa shape index (κ2) is 9.51. The third kappa shape index (κ3) is 4.48. The van der Waals surface area contributed by atoms with E-state index in [1.54, 1.807) is 28.4 Å². The zero-order chi connectivity index (χ0) is 20.0. The Labute approximate surface area is 161 Å². The fourth-order valence-corrected chi connectivity index (χ4v) is 3.39. The molecule has 0 aliphatic heterocycles. The summed E-state index contributed by atoms with van der Waals surface area (Å²) < 4.78 is 21.7. The standard InChI is InChI=1S/C22H30O5/c1-14(13-23)15(2)22(16-7-9-18(24-3)20(11-16)26-5)17-8-10-19(25-4)21(12-17)27-6/h7-12,14-15,22-23H,13H2,1-6H3/t14-,15-/m0/s1. The highest BCUT2D eigenvalue weighted by Crippen LogP contribution is 2.42. The molecule has 1 N–H and O–H groups in total. The lowest BCUT2D eigenvalue weighted by Crippen LogP contribution is -2.21. The third-order valence-electron chi connectivity index (χ3n) is 5.24. The van der Waals surface area contributed by atoms with Crippen molar-refractivity contribution < 1.29 is 24.1 Å². The van der Waals surface area contributed by atoms with Crippen LogP contribution in [0.25, 0.3) is 0 Å². The highest BCUT2D eigenvalue weighted by atomic mass is 16.5. The Balaban J connectivity index is 2.59. The molecule has 2 aromatic rings. The van der Waals surface area contributed by atoms with Gasteiger partial charge in [-0.1, -0.05) is 26.0 Å². The van der Waals surface area contributed by atoms with Crippen molar-refractivity contribution in [3.63, 3.8) is 0 Å². The Morgan fingerprint density at radius 2 is 1.11 bits per heavy atom. The molecule has 0 fully saturated rings. The number of methoxy groups -OCH3 is 4. The summed E-state index contributed by atoms with van der Waals surface area (Å²) in [7, 11) is 6.51. The minimum atomic E-state index is 0.0479. The molecule has 0 aromatic heterocycles. The number of ether oxygens (including phenoxy) is 4. The van der Waals surface area contributed by atoms with Gasteiger partial charge in [0.1, 0.15) is 0 Å². The molecule has 0 amide bonds. The van der Waals surface area contributed by atoms with Gasteiger partial charge in [-0.3, -0.25) is 0 Å². The van der Waals surface area contributed by atoms with Gasteiger partial charge in [0.05, 0.1) is 28.4 Å². The summed E-state index contributed by atoms with van der Waals surface area (Å²) in [5.41, 5.74) is 2.18. The average molecular weight is 374 g/mol. The number of hydrogen-bond acceptors (Lipinski definition) is 5. The molecule has 5 nitrogen and oxygen atoms in total. The predicted molar refractivity (Wildman–Crippen MR) is 106 cm³/mol. The van der Waals surface area contributed by atoms with Gasteiger partial charge < -0.3 is 24.1 Å². The van der Waals surface area contributed by atoms with E-state index < -0.39 is 0 Å². The van der Waals surface area contributed by atoms with Crippen LogP contribution in [0.2, 0.25) is 0 Å². The van der Waals surface area contributed by atoms with Crippen molar-refractivity contribution in [3.8, 4) is 23.0 Å². The van der Waals surface area contributed by atoms with Crippen LogP contribution in [-0.2, 0) is 0 Å². The van der Waals surface area contributed by atoms with Crippen molar-refractivity contribution in [2.24, 2.45) is 11.8 Å². The summed E-state index contributed by atoms with van der Waals surface area (Å²) in [6.45, 7) is 4.33. The Kier molecular flexibility index (Phi) is 7.36. The summed E-state index contributed by atoms with van der Waals surface area (Å²) in [6.07, 6.45) is 0. The van der Waals surface area contributed by atoms with Crippen LogP contribution in [0.15, 0.2) is 36.4 Å². The van der Waals surface area contributed by atoms with Gasteiger partial charge in [0.2, 0.25) is 0 Å². The Hall–Kier alpha value is -2.40. The summed E-state index contributed by atoms with van der Waals surface area (Å²) in [5.74, 6) is 3.10. The van der Waals surface area contributed by atoms with Crippen LogP contribution >= 0.6 is 0 Å². The molecule has 0 saturated carbocycles. The first-order valence-electron chi connectivity index (χ1n) is 9.05. The van der Waals surface area contributed by atoms with Gasteiger partial charge in [0.15, 0.2) is 23.0 Å². The Morgan fingerprint density at radius 3 is 1.44 bits per heavy atom. The van der Waals surface area contributed by atoms with E-state index in [0.29, 0.717) is 23.0 Å². The van der Waals surface area contributed by atoms with E-state index in [4.69, 9.17) is 18.9 Å². The van der Waals surface area contributed by atoms with E-state index in [9.17, 15) is 5.11 Å². The minimum absolute atomic E-state index is 0.0479. The first-order valence-corrected chi connectivity index (χ1v) is 9.05. The Bertz CT molecular complexity index is 688. The smallest absolute Gasteiger partial charge is 0.161 e. The van der Waals surface area contributed by atoms with Crippen LogP contribution in [0.3, 0.4) is 0 Å². The summed E-state index contributed by atoms with van der Waals surface area (Å²) in [6, 6.07) is 11.9. The predicted octanol–water partition coefficient (Wildman–Crippen LogP) is 4.12. The summed E-state index contributed by atoms with van der Waals surface area (Å²) in [4.78, 5) is 0. The molecular weight excluding hydrogens is 344 g/mol. The van der Waals surface area contributed by atoms with Crippen molar-refractivity contribution in [1.82, 2.24) is 0 Å². The number of aliphatic hydroxyl groups excluding tert-OH is 1. The summed E-state index contributed by atoms with van der Waals surface area (Å²) >= 11 is 0. The fourth-order valence-electron chi connectivity index (χ4n) is 3.39. The van der Waals surface area contributed by atoms with E-state index in [0.717, 1.165) is 11.1 Å². The van der Waals surface area contributed by atoms with E-state index in [2.05, 4.69) is 13.8 Å². The lowest BCUT2D eigenvalue weighted by Gasteiger charge is -2.30. The van der Waals surface area contributed by atoms with Crippen LogP contribution in [0.1, 0.15) is 30.9 Å². The van der Waals surface area contributed by atoms with E-state index in [1.807, 2.05) is 36.4 Å². The van der Waals surface area contributed by atoms with Gasteiger partial charge >= 0.3 is 0 Å². The minimum Gasteiger partial charge on any atom is -0.493 e. The second-order valence-corrected chi connectivity index (χ2v) is 6.73. The van der Waals surface area contributed by atoms with Crippen LogP contribution in [-0.4, -0.2) is 40.2 Å². The molecule has 5 heteroatoms. The normalized spacial score (nSPS) is 13.2. The third-order valence-corrected chi connectivity index (χ3v) is 5.24. The summed E-state index contributed by atoms with van der Waals surface area (Å²) in [5, 5.41) is 9.72. The lowest BCUT2D eigenvalue weighted by molar-refractivity contribution is 0.186. The highest BCUT2D eigenvalue weighted by Gasteiger charge is 2.27. The van der Waals surface area contributed by atoms with Crippen LogP contribution in [0, 0.1) is 11.8 Å². The number of hydrogen-bond donors (Lipinski definition) is 1. The second-order valence-electron chi connectivity index (χ2n) is 6.73. The monoisotopic (exact) mass is 374 g/mol. The van der Waals surface area contributed by atoms with Gasteiger partial charge in [-0.05, 0) is 47.2 Å². The molecule has 0 aliphatic rings. The number of benzene rings is 2. The zero-order valence-corrected chi connectivity index (χ0v) is 17.0. The molecule has 2 aromatic carbocycles. The van der Waals surface area contributed by atoms with Crippen LogP contribution in [0.5, 0.6) is 23.0 Å². The first kappa shape index (κ1) is 20.9. The van der Waals surface area contributed by atoms with Gasteiger partial charge in [-0.15, -0.1) is 0 Å². The van der Waals surface area contributed by atoms with E-state index >= 15 is 0 Å². The van der Waals surface area contributed by atoms with Crippen LogP contribution in [0.4, 0.5) is 0 Å². The molecule has 0 bridgehead atoms. The van der Waals surface area contributed by atoms with Gasteiger partial charge in [-0.2, -0.15) is 0 Å². The molecule has 0 saturated heterocycles. The van der Waals surface area contributed by atoms with E-state index in [-0.39, 0.29) is 24.4 Å².